The van der Waals surface area contributed by atoms with Crippen LogP contribution in [-0.2, 0) is 6.54 Å². The summed E-state index contributed by atoms with van der Waals surface area (Å²) < 4.78 is 1.60. The monoisotopic (exact) mass is 341 g/mol. The minimum Gasteiger partial charge on any atom is -0.283 e. The van der Waals surface area contributed by atoms with Crippen molar-refractivity contribution in [2.45, 2.75) is 11.7 Å². The number of para-hydroxylation sites is 1. The van der Waals surface area contributed by atoms with Gasteiger partial charge in [-0.3, -0.25) is 9.36 Å². The summed E-state index contributed by atoms with van der Waals surface area (Å²) in [5.41, 5.74) is 1.49. The highest BCUT2D eigenvalue weighted by atomic mass is 35.5. The highest BCUT2D eigenvalue weighted by Crippen LogP contribution is 2.19. The molecule has 0 aliphatic rings. The van der Waals surface area contributed by atoms with Crippen LogP contribution in [-0.4, -0.2) is 15.3 Å². The molecule has 6 heteroatoms. The molecule has 114 valence electrons. The van der Waals surface area contributed by atoms with E-state index in [9.17, 15) is 4.79 Å². The molecule has 0 spiro atoms. The summed E-state index contributed by atoms with van der Waals surface area (Å²) in [6, 6.07) is 16.6. The van der Waals surface area contributed by atoms with E-state index in [0.29, 0.717) is 27.6 Å². The highest BCUT2D eigenvalue weighted by molar-refractivity contribution is 7.99. The summed E-state index contributed by atoms with van der Waals surface area (Å²) in [4.78, 5) is 17.3. The van der Waals surface area contributed by atoms with Gasteiger partial charge in [-0.05, 0) is 29.8 Å². The molecule has 0 amide bonds. The minimum absolute atomic E-state index is 0.106. The zero-order valence-corrected chi connectivity index (χ0v) is 13.6. The molecule has 3 aromatic rings. The molecule has 1 heterocycles. The van der Waals surface area contributed by atoms with Gasteiger partial charge in [-0.1, -0.05) is 47.6 Å². The fourth-order valence-corrected chi connectivity index (χ4v) is 3.05. The fourth-order valence-electron chi connectivity index (χ4n) is 2.27. The van der Waals surface area contributed by atoms with Crippen LogP contribution in [0.1, 0.15) is 5.56 Å². The van der Waals surface area contributed by atoms with Gasteiger partial charge in [-0.25, -0.2) is 4.98 Å². The topological polar surface area (TPSA) is 58.7 Å². The van der Waals surface area contributed by atoms with Crippen molar-refractivity contribution in [2.24, 2.45) is 0 Å². The first-order valence-electron chi connectivity index (χ1n) is 6.93. The van der Waals surface area contributed by atoms with Crippen molar-refractivity contribution in [3.05, 3.63) is 69.5 Å². The summed E-state index contributed by atoms with van der Waals surface area (Å²) >= 11 is 7.17. The molecule has 0 radical (unpaired) electrons. The third-order valence-corrected chi connectivity index (χ3v) is 4.44. The quantitative estimate of drug-likeness (QED) is 0.536. The third kappa shape index (κ3) is 3.39. The van der Waals surface area contributed by atoms with Crippen LogP contribution in [0.3, 0.4) is 0 Å². The normalized spacial score (nSPS) is 10.6. The summed E-state index contributed by atoms with van der Waals surface area (Å²) in [6.45, 7) is 0.390. The first-order chi connectivity index (χ1) is 11.2. The van der Waals surface area contributed by atoms with E-state index in [1.165, 1.54) is 11.8 Å². The van der Waals surface area contributed by atoms with E-state index in [1.807, 2.05) is 24.3 Å². The molecule has 0 aliphatic carbocycles. The molecule has 0 N–H and O–H groups in total. The van der Waals surface area contributed by atoms with E-state index in [4.69, 9.17) is 16.9 Å². The second kappa shape index (κ2) is 6.86. The zero-order valence-electron chi connectivity index (χ0n) is 12.1. The van der Waals surface area contributed by atoms with Gasteiger partial charge in [0.2, 0.25) is 0 Å². The zero-order chi connectivity index (χ0) is 16.2. The molecular formula is C17H12ClN3OS. The smallest absolute Gasteiger partial charge is 0.262 e. The SMILES string of the molecule is N#CCSc1nc2ccccc2c(=O)n1Cc1ccc(Cl)cc1. The van der Waals surface area contributed by atoms with E-state index in [0.717, 1.165) is 5.56 Å². The average Bonchev–Trinajstić information content (AvgIpc) is 2.57. The Kier molecular flexibility index (Phi) is 4.65. The number of hydrogen-bond donors (Lipinski definition) is 0. The van der Waals surface area contributed by atoms with Gasteiger partial charge in [0.15, 0.2) is 5.16 Å². The van der Waals surface area contributed by atoms with Gasteiger partial charge >= 0.3 is 0 Å². The van der Waals surface area contributed by atoms with Crippen LogP contribution in [0.15, 0.2) is 58.5 Å². The first kappa shape index (κ1) is 15.6. The Hall–Kier alpha value is -2.29. The molecule has 23 heavy (non-hydrogen) atoms. The molecule has 0 atom stereocenters. The van der Waals surface area contributed by atoms with Crippen molar-refractivity contribution >= 4 is 34.3 Å². The Bertz CT molecular complexity index is 945. The van der Waals surface area contributed by atoms with Crippen molar-refractivity contribution in [2.75, 3.05) is 5.75 Å². The van der Waals surface area contributed by atoms with E-state index in [-0.39, 0.29) is 11.3 Å². The number of halogens is 1. The van der Waals surface area contributed by atoms with E-state index >= 15 is 0 Å². The molecule has 1 aromatic heterocycles. The van der Waals surface area contributed by atoms with Gasteiger partial charge in [0.1, 0.15) is 0 Å². The first-order valence-corrected chi connectivity index (χ1v) is 8.29. The molecule has 0 unspecified atom stereocenters. The summed E-state index contributed by atoms with van der Waals surface area (Å²) in [5, 5.41) is 10.6. The molecule has 0 bridgehead atoms. The Balaban J connectivity index is 2.12. The summed E-state index contributed by atoms with van der Waals surface area (Å²) in [5.74, 6) is 0.241. The molecule has 3 rings (SSSR count). The van der Waals surface area contributed by atoms with Crippen LogP contribution in [0.5, 0.6) is 0 Å². The number of nitriles is 1. The van der Waals surface area contributed by atoms with E-state index in [2.05, 4.69) is 11.1 Å². The van der Waals surface area contributed by atoms with Crippen LogP contribution < -0.4 is 5.56 Å². The van der Waals surface area contributed by atoms with Crippen LogP contribution >= 0.6 is 23.4 Å². The number of benzene rings is 2. The van der Waals surface area contributed by atoms with Crippen molar-refractivity contribution in [3.63, 3.8) is 0 Å². The second-order valence-corrected chi connectivity index (χ2v) is 6.26. The maximum absolute atomic E-state index is 12.8. The maximum Gasteiger partial charge on any atom is 0.262 e. The average molecular weight is 342 g/mol. The molecule has 2 aromatic carbocycles. The lowest BCUT2D eigenvalue weighted by Crippen LogP contribution is -2.24. The Labute approximate surface area is 142 Å². The van der Waals surface area contributed by atoms with Crippen LogP contribution in [0, 0.1) is 11.3 Å². The van der Waals surface area contributed by atoms with Gasteiger partial charge in [-0.15, -0.1) is 0 Å². The van der Waals surface area contributed by atoms with Gasteiger partial charge in [0.25, 0.3) is 5.56 Å². The lowest BCUT2D eigenvalue weighted by Gasteiger charge is -2.12. The van der Waals surface area contributed by atoms with Crippen LogP contribution in [0.2, 0.25) is 5.02 Å². The van der Waals surface area contributed by atoms with Crippen LogP contribution in [0.25, 0.3) is 10.9 Å². The fraction of sp³-hybridized carbons (Fsp3) is 0.118. The lowest BCUT2D eigenvalue weighted by molar-refractivity contribution is 0.658. The highest BCUT2D eigenvalue weighted by Gasteiger charge is 2.11. The van der Waals surface area contributed by atoms with Crippen molar-refractivity contribution < 1.29 is 0 Å². The Morgan fingerprint density at radius 3 is 2.65 bits per heavy atom. The maximum atomic E-state index is 12.8. The molecule has 4 nitrogen and oxygen atoms in total. The van der Waals surface area contributed by atoms with Gasteiger partial charge in [0, 0.05) is 5.02 Å². The number of thioether (sulfide) groups is 1. The predicted molar refractivity (Wildman–Crippen MR) is 92.9 cm³/mol. The molecule has 0 fully saturated rings. The minimum atomic E-state index is -0.106. The largest absolute Gasteiger partial charge is 0.283 e. The van der Waals surface area contributed by atoms with Gasteiger partial charge in [-0.2, -0.15) is 5.26 Å². The number of fused-ring (bicyclic) bond motifs is 1. The molecule has 0 saturated heterocycles. The van der Waals surface area contributed by atoms with Crippen molar-refractivity contribution in [1.29, 1.82) is 5.26 Å². The van der Waals surface area contributed by atoms with Gasteiger partial charge in [0.05, 0.1) is 29.3 Å². The standard InChI is InChI=1S/C17H12ClN3OS/c18-13-7-5-12(6-8-13)11-21-16(22)14-3-1-2-4-15(14)20-17(21)23-10-9-19/h1-8H,10-11H2. The van der Waals surface area contributed by atoms with Crippen molar-refractivity contribution in [3.8, 4) is 6.07 Å². The van der Waals surface area contributed by atoms with E-state index in [1.54, 1.807) is 28.8 Å². The van der Waals surface area contributed by atoms with Crippen LogP contribution in [0.4, 0.5) is 0 Å². The second-order valence-electron chi connectivity index (χ2n) is 4.88. The third-order valence-electron chi connectivity index (χ3n) is 3.35. The number of rotatable bonds is 4. The molecular weight excluding hydrogens is 330 g/mol. The Morgan fingerprint density at radius 1 is 1.17 bits per heavy atom. The van der Waals surface area contributed by atoms with Gasteiger partial charge < -0.3 is 0 Å². The number of nitrogens with zero attached hydrogens (tertiary/aromatic N) is 3. The number of hydrogen-bond acceptors (Lipinski definition) is 4. The van der Waals surface area contributed by atoms with Crippen molar-refractivity contribution in [1.82, 2.24) is 9.55 Å². The molecule has 0 saturated carbocycles. The Morgan fingerprint density at radius 2 is 1.91 bits per heavy atom. The van der Waals surface area contributed by atoms with E-state index < -0.39 is 0 Å². The summed E-state index contributed by atoms with van der Waals surface area (Å²) in [7, 11) is 0. The predicted octanol–water partition coefficient (Wildman–Crippen LogP) is 3.71. The summed E-state index contributed by atoms with van der Waals surface area (Å²) in [6.07, 6.45) is 0. The lowest BCUT2D eigenvalue weighted by atomic mass is 10.2. The molecule has 0 aliphatic heterocycles. The number of aromatic nitrogens is 2.